The maximum atomic E-state index is 12.5. The van der Waals surface area contributed by atoms with Crippen LogP contribution >= 0.6 is 0 Å². The molecule has 0 saturated carbocycles. The molecule has 1 amide bonds. The summed E-state index contributed by atoms with van der Waals surface area (Å²) in [5.41, 5.74) is -1.05. The second-order valence-corrected chi connectivity index (χ2v) is 5.65. The summed E-state index contributed by atoms with van der Waals surface area (Å²) in [6, 6.07) is 2.14. The summed E-state index contributed by atoms with van der Waals surface area (Å²) < 4.78 is 43.5. The summed E-state index contributed by atoms with van der Waals surface area (Å²) in [7, 11) is 0. The van der Waals surface area contributed by atoms with E-state index < -0.39 is 29.7 Å². The summed E-state index contributed by atoms with van der Waals surface area (Å²) >= 11 is 0. The molecular formula is C14H13F3N4O4. The fourth-order valence-corrected chi connectivity index (χ4v) is 2.56. The van der Waals surface area contributed by atoms with Crippen molar-refractivity contribution in [1.29, 1.82) is 0 Å². The summed E-state index contributed by atoms with van der Waals surface area (Å²) in [6.07, 6.45) is -3.03. The molecule has 0 unspecified atom stereocenters. The molecule has 1 aliphatic heterocycles. The number of carboxylic acids is 1. The predicted octanol–water partition coefficient (Wildman–Crippen LogP) is 1.48. The van der Waals surface area contributed by atoms with Crippen molar-refractivity contribution in [2.75, 3.05) is 13.1 Å². The number of carboxylic acid groups (broad SMARTS) is 1. The maximum Gasteiger partial charge on any atom is 0.435 e. The second-order valence-electron chi connectivity index (χ2n) is 5.65. The number of amides is 1. The number of nitrogens with zero attached hydrogens (tertiary/aromatic N) is 4. The van der Waals surface area contributed by atoms with Crippen molar-refractivity contribution in [2.45, 2.75) is 19.1 Å². The van der Waals surface area contributed by atoms with Crippen LogP contribution in [0.25, 0.3) is 0 Å². The molecule has 25 heavy (non-hydrogen) atoms. The minimum absolute atomic E-state index is 0.0239. The van der Waals surface area contributed by atoms with Crippen molar-refractivity contribution in [2.24, 2.45) is 5.92 Å². The van der Waals surface area contributed by atoms with E-state index >= 15 is 0 Å². The number of aliphatic carboxylic acids is 1. The van der Waals surface area contributed by atoms with Gasteiger partial charge >= 0.3 is 12.1 Å². The zero-order valence-corrected chi connectivity index (χ0v) is 12.7. The summed E-state index contributed by atoms with van der Waals surface area (Å²) in [4.78, 5) is 24.5. The van der Waals surface area contributed by atoms with E-state index in [1.165, 1.54) is 11.0 Å². The fourth-order valence-electron chi connectivity index (χ4n) is 2.56. The highest BCUT2D eigenvalue weighted by molar-refractivity contribution is 5.92. The molecule has 0 radical (unpaired) electrons. The first-order chi connectivity index (χ1) is 11.7. The van der Waals surface area contributed by atoms with Crippen LogP contribution in [0.3, 0.4) is 0 Å². The van der Waals surface area contributed by atoms with E-state index in [0.717, 1.165) is 16.9 Å². The molecule has 0 aliphatic carbocycles. The smallest absolute Gasteiger partial charge is 0.435 e. The molecule has 0 bridgehead atoms. The number of carbonyl (C=O) groups excluding carboxylic acids is 1. The van der Waals surface area contributed by atoms with Crippen molar-refractivity contribution >= 4 is 11.9 Å². The van der Waals surface area contributed by atoms with Gasteiger partial charge in [0.2, 0.25) is 0 Å². The van der Waals surface area contributed by atoms with Gasteiger partial charge in [0.25, 0.3) is 5.91 Å². The van der Waals surface area contributed by atoms with Gasteiger partial charge < -0.3 is 14.5 Å². The molecule has 1 fully saturated rings. The van der Waals surface area contributed by atoms with Crippen LogP contribution in [0.1, 0.15) is 28.4 Å². The monoisotopic (exact) mass is 358 g/mol. The Bertz CT molecular complexity index is 798. The molecule has 0 aromatic carbocycles. The second kappa shape index (κ2) is 6.22. The zero-order chi connectivity index (χ0) is 18.2. The topological polar surface area (TPSA) is 101 Å². The highest BCUT2D eigenvalue weighted by Crippen LogP contribution is 2.27. The lowest BCUT2D eigenvalue weighted by Gasteiger charge is -2.13. The molecule has 2 aromatic heterocycles. The first-order valence-corrected chi connectivity index (χ1v) is 7.32. The molecule has 8 nitrogen and oxygen atoms in total. The third kappa shape index (κ3) is 3.64. The van der Waals surface area contributed by atoms with Gasteiger partial charge in [-0.2, -0.15) is 18.3 Å². The molecule has 1 N–H and O–H groups in total. The molecule has 1 atom stereocenters. The predicted molar refractivity (Wildman–Crippen MR) is 74.5 cm³/mol. The van der Waals surface area contributed by atoms with E-state index in [0.29, 0.717) is 13.0 Å². The molecular weight excluding hydrogens is 345 g/mol. The zero-order valence-electron chi connectivity index (χ0n) is 12.7. The summed E-state index contributed by atoms with van der Waals surface area (Å²) in [6.45, 7) is 0.269. The highest BCUT2D eigenvalue weighted by atomic mass is 19.4. The van der Waals surface area contributed by atoms with Crippen LogP contribution in [-0.2, 0) is 17.5 Å². The molecule has 11 heteroatoms. The third-order valence-electron chi connectivity index (χ3n) is 3.85. The lowest BCUT2D eigenvalue weighted by molar-refractivity contribution is -0.142. The third-order valence-corrected chi connectivity index (χ3v) is 3.85. The Labute approximate surface area is 138 Å². The average molecular weight is 358 g/mol. The Hall–Kier alpha value is -2.85. The standard InChI is InChI=1S/C14H13F3N4O4/c15-14(16,17)11-2-4-21(18-11)7-9-5-10(19-25-9)12(22)20-3-1-8(6-20)13(23)24/h2,4-5,8H,1,3,6-7H2,(H,23,24)/t8-/m1/s1. The number of carbonyl (C=O) groups is 2. The average Bonchev–Trinajstić information content (AvgIpc) is 3.26. The Morgan fingerprint density at radius 1 is 1.40 bits per heavy atom. The normalized spacial score (nSPS) is 17.9. The van der Waals surface area contributed by atoms with Gasteiger partial charge in [0.05, 0.1) is 5.92 Å². The van der Waals surface area contributed by atoms with E-state index in [1.54, 1.807) is 0 Å². The highest BCUT2D eigenvalue weighted by Gasteiger charge is 2.34. The quantitative estimate of drug-likeness (QED) is 0.888. The summed E-state index contributed by atoms with van der Waals surface area (Å²) in [5.74, 6) is -1.89. The number of hydrogen-bond donors (Lipinski definition) is 1. The van der Waals surface area contributed by atoms with E-state index in [2.05, 4.69) is 10.3 Å². The number of hydrogen-bond acceptors (Lipinski definition) is 5. The van der Waals surface area contributed by atoms with Crippen LogP contribution in [0.2, 0.25) is 0 Å². The molecule has 1 saturated heterocycles. The molecule has 1 aliphatic rings. The number of likely N-dealkylation sites (tertiary alicyclic amines) is 1. The lowest BCUT2D eigenvalue weighted by atomic mass is 10.1. The van der Waals surface area contributed by atoms with Crippen molar-refractivity contribution in [1.82, 2.24) is 19.8 Å². The van der Waals surface area contributed by atoms with Gasteiger partial charge in [-0.1, -0.05) is 5.16 Å². The molecule has 2 aromatic rings. The van der Waals surface area contributed by atoms with E-state index in [4.69, 9.17) is 9.63 Å². The minimum atomic E-state index is -4.54. The maximum absolute atomic E-state index is 12.5. The van der Waals surface area contributed by atoms with Gasteiger partial charge in [-0.15, -0.1) is 0 Å². The van der Waals surface area contributed by atoms with Crippen molar-refractivity contribution in [3.63, 3.8) is 0 Å². The van der Waals surface area contributed by atoms with Crippen LogP contribution < -0.4 is 0 Å². The van der Waals surface area contributed by atoms with Gasteiger partial charge in [-0.25, -0.2) is 0 Å². The fraction of sp³-hybridized carbons (Fsp3) is 0.429. The molecule has 3 rings (SSSR count). The lowest BCUT2D eigenvalue weighted by Crippen LogP contribution is -2.30. The number of alkyl halides is 3. The van der Waals surface area contributed by atoms with E-state index in [-0.39, 0.29) is 24.5 Å². The van der Waals surface area contributed by atoms with Crippen LogP contribution in [0.5, 0.6) is 0 Å². The van der Waals surface area contributed by atoms with Gasteiger partial charge in [0, 0.05) is 25.4 Å². The molecule has 0 spiro atoms. The minimum Gasteiger partial charge on any atom is -0.481 e. The van der Waals surface area contributed by atoms with Crippen LogP contribution in [0.15, 0.2) is 22.9 Å². The Morgan fingerprint density at radius 3 is 2.76 bits per heavy atom. The van der Waals surface area contributed by atoms with Crippen LogP contribution in [0, 0.1) is 5.92 Å². The van der Waals surface area contributed by atoms with E-state index in [9.17, 15) is 22.8 Å². The SMILES string of the molecule is O=C(O)[C@@H]1CCN(C(=O)c2cc(Cn3ccc(C(F)(F)F)n3)on2)C1. The Morgan fingerprint density at radius 2 is 2.16 bits per heavy atom. The van der Waals surface area contributed by atoms with Crippen LogP contribution in [0.4, 0.5) is 13.2 Å². The summed E-state index contributed by atoms with van der Waals surface area (Å²) in [5, 5.41) is 15.9. The van der Waals surface area contributed by atoms with E-state index in [1.807, 2.05) is 0 Å². The Kier molecular flexibility index (Phi) is 4.23. The van der Waals surface area contributed by atoms with Crippen molar-refractivity contribution in [3.05, 3.63) is 35.5 Å². The van der Waals surface area contributed by atoms with Gasteiger partial charge in [-0.3, -0.25) is 14.3 Å². The number of rotatable bonds is 4. The first kappa shape index (κ1) is 17.0. The Balaban J connectivity index is 1.65. The first-order valence-electron chi connectivity index (χ1n) is 7.32. The van der Waals surface area contributed by atoms with Crippen molar-refractivity contribution in [3.8, 4) is 0 Å². The molecule has 3 heterocycles. The van der Waals surface area contributed by atoms with Crippen molar-refractivity contribution < 1.29 is 32.4 Å². The number of halogens is 3. The number of aromatic nitrogens is 3. The van der Waals surface area contributed by atoms with Gasteiger partial charge in [-0.05, 0) is 12.5 Å². The molecule has 134 valence electrons. The van der Waals surface area contributed by atoms with Crippen LogP contribution in [-0.4, -0.2) is 49.9 Å². The largest absolute Gasteiger partial charge is 0.481 e. The van der Waals surface area contributed by atoms with Gasteiger partial charge in [0.15, 0.2) is 17.1 Å². The van der Waals surface area contributed by atoms with Gasteiger partial charge in [0.1, 0.15) is 6.54 Å².